The second kappa shape index (κ2) is 6.55. The number of hydrogen-bond acceptors (Lipinski definition) is 2. The molecular weight excluding hydrogens is 284 g/mol. The third-order valence-electron chi connectivity index (χ3n) is 4.38. The zero-order valence-electron chi connectivity index (χ0n) is 14.1. The summed E-state index contributed by atoms with van der Waals surface area (Å²) in [6.45, 7) is 6.22. The summed E-state index contributed by atoms with van der Waals surface area (Å²) in [5.74, 6) is 0. The van der Waals surface area contributed by atoms with Crippen molar-refractivity contribution < 1.29 is 5.11 Å². The molecule has 1 N–H and O–H groups in total. The lowest BCUT2D eigenvalue weighted by Crippen LogP contribution is -2.05. The number of aromatic nitrogens is 2. The van der Waals surface area contributed by atoms with E-state index in [1.165, 1.54) is 16.7 Å². The van der Waals surface area contributed by atoms with Crippen molar-refractivity contribution in [3.63, 3.8) is 0 Å². The van der Waals surface area contributed by atoms with Gasteiger partial charge in [0.05, 0.1) is 17.5 Å². The second-order valence-corrected chi connectivity index (χ2v) is 6.15. The molecule has 0 aliphatic carbocycles. The van der Waals surface area contributed by atoms with E-state index >= 15 is 0 Å². The fourth-order valence-corrected chi connectivity index (χ4v) is 2.98. The Labute approximate surface area is 137 Å². The van der Waals surface area contributed by atoms with Gasteiger partial charge in [0.2, 0.25) is 0 Å². The summed E-state index contributed by atoms with van der Waals surface area (Å²) >= 11 is 0. The third-order valence-corrected chi connectivity index (χ3v) is 4.38. The number of aryl methyl sites for hydroxylation is 2. The Kier molecular flexibility index (Phi) is 4.49. The first-order chi connectivity index (χ1) is 11.1. The van der Waals surface area contributed by atoms with Crippen molar-refractivity contribution in [2.75, 3.05) is 0 Å². The average Bonchev–Trinajstić information content (AvgIpc) is 2.92. The highest BCUT2D eigenvalue weighted by molar-refractivity contribution is 5.46. The highest BCUT2D eigenvalue weighted by Gasteiger charge is 2.18. The minimum Gasteiger partial charge on any atom is -0.387 e. The molecule has 1 unspecified atom stereocenters. The highest BCUT2D eigenvalue weighted by atomic mass is 16.3. The molecule has 1 atom stereocenters. The van der Waals surface area contributed by atoms with E-state index in [-0.39, 0.29) is 0 Å². The fourth-order valence-electron chi connectivity index (χ4n) is 2.98. The molecule has 0 saturated carbocycles. The van der Waals surface area contributed by atoms with Crippen LogP contribution < -0.4 is 0 Å². The molecule has 23 heavy (non-hydrogen) atoms. The van der Waals surface area contributed by atoms with Gasteiger partial charge in [0, 0.05) is 12.6 Å². The van der Waals surface area contributed by atoms with Crippen molar-refractivity contribution in [1.82, 2.24) is 9.38 Å². The molecule has 1 aromatic carbocycles. The predicted octanol–water partition coefficient (Wildman–Crippen LogP) is 4.24. The van der Waals surface area contributed by atoms with Gasteiger partial charge in [-0.25, -0.2) is 4.98 Å². The molecule has 3 nitrogen and oxygen atoms in total. The summed E-state index contributed by atoms with van der Waals surface area (Å²) in [6.07, 6.45) is 4.05. The molecule has 3 heteroatoms. The summed E-state index contributed by atoms with van der Waals surface area (Å²) in [6, 6.07) is 12.7. The van der Waals surface area contributed by atoms with Gasteiger partial charge in [0.1, 0.15) is 5.65 Å². The van der Waals surface area contributed by atoms with Crippen LogP contribution in [0.2, 0.25) is 0 Å². The van der Waals surface area contributed by atoms with Crippen LogP contribution in [0.3, 0.4) is 0 Å². The van der Waals surface area contributed by atoms with E-state index in [1.54, 1.807) is 0 Å². The third kappa shape index (κ3) is 3.15. The number of hydrogen-bond donors (Lipinski definition) is 1. The van der Waals surface area contributed by atoms with Crippen LogP contribution in [-0.4, -0.2) is 14.5 Å². The van der Waals surface area contributed by atoms with E-state index in [0.29, 0.717) is 6.42 Å². The second-order valence-electron chi connectivity index (χ2n) is 6.15. The molecule has 2 aromatic heterocycles. The number of aliphatic hydroxyl groups excluding tert-OH is 1. The molecule has 120 valence electrons. The van der Waals surface area contributed by atoms with E-state index in [1.807, 2.05) is 17.4 Å². The van der Waals surface area contributed by atoms with Crippen LogP contribution >= 0.6 is 0 Å². The Hall–Kier alpha value is -2.13. The molecule has 0 spiro atoms. The van der Waals surface area contributed by atoms with Gasteiger partial charge in [-0.1, -0.05) is 44.2 Å². The topological polar surface area (TPSA) is 37.5 Å². The molecular formula is C20H24N2O. The molecule has 3 aromatic rings. The minimum atomic E-state index is -0.489. The van der Waals surface area contributed by atoms with Crippen molar-refractivity contribution in [1.29, 1.82) is 0 Å². The van der Waals surface area contributed by atoms with Crippen LogP contribution in [0.15, 0.2) is 42.6 Å². The maximum Gasteiger partial charge on any atom is 0.137 e. The van der Waals surface area contributed by atoms with E-state index in [4.69, 9.17) is 4.98 Å². The lowest BCUT2D eigenvalue weighted by Gasteiger charge is -2.11. The Balaban J connectivity index is 2.04. The van der Waals surface area contributed by atoms with Crippen LogP contribution in [0.5, 0.6) is 0 Å². The highest BCUT2D eigenvalue weighted by Crippen LogP contribution is 2.25. The molecule has 0 radical (unpaired) electrons. The lowest BCUT2D eigenvalue weighted by atomic mass is 10.0. The van der Waals surface area contributed by atoms with Crippen molar-refractivity contribution in [2.45, 2.75) is 46.1 Å². The summed E-state index contributed by atoms with van der Waals surface area (Å²) in [5.41, 5.74) is 6.52. The van der Waals surface area contributed by atoms with Gasteiger partial charge in [0.25, 0.3) is 0 Å². The van der Waals surface area contributed by atoms with E-state index in [0.717, 1.165) is 29.9 Å². The van der Waals surface area contributed by atoms with Crippen molar-refractivity contribution in [2.24, 2.45) is 0 Å². The number of aliphatic hydroxyl groups is 1. The van der Waals surface area contributed by atoms with Crippen LogP contribution in [-0.2, 0) is 12.8 Å². The minimum absolute atomic E-state index is 0.489. The maximum atomic E-state index is 10.5. The van der Waals surface area contributed by atoms with Gasteiger partial charge < -0.3 is 9.51 Å². The molecule has 0 aliphatic heterocycles. The van der Waals surface area contributed by atoms with Gasteiger partial charge >= 0.3 is 0 Å². The molecule has 0 aliphatic rings. The maximum absolute atomic E-state index is 10.5. The Morgan fingerprint density at radius 3 is 2.39 bits per heavy atom. The predicted molar refractivity (Wildman–Crippen MR) is 93.8 cm³/mol. The molecule has 0 amide bonds. The smallest absolute Gasteiger partial charge is 0.137 e. The normalized spacial score (nSPS) is 12.7. The fraction of sp³-hybridized carbons (Fsp3) is 0.350. The molecule has 0 fully saturated rings. The Morgan fingerprint density at radius 2 is 1.74 bits per heavy atom. The van der Waals surface area contributed by atoms with Crippen LogP contribution in [0, 0.1) is 6.92 Å². The van der Waals surface area contributed by atoms with Crippen molar-refractivity contribution in [3.8, 4) is 0 Å². The lowest BCUT2D eigenvalue weighted by molar-refractivity contribution is 0.167. The quantitative estimate of drug-likeness (QED) is 0.765. The zero-order valence-corrected chi connectivity index (χ0v) is 14.1. The first-order valence-electron chi connectivity index (χ1n) is 8.35. The van der Waals surface area contributed by atoms with Gasteiger partial charge in [-0.05, 0) is 42.5 Å². The number of rotatable bonds is 5. The molecule has 2 heterocycles. The average molecular weight is 308 g/mol. The summed E-state index contributed by atoms with van der Waals surface area (Å²) in [4.78, 5) is 4.76. The van der Waals surface area contributed by atoms with Gasteiger partial charge in [-0.15, -0.1) is 0 Å². The summed E-state index contributed by atoms with van der Waals surface area (Å²) in [5, 5.41) is 10.5. The van der Waals surface area contributed by atoms with Crippen LogP contribution in [0.4, 0.5) is 0 Å². The SMILES string of the molecule is CCc1ccc(Cc2nc3ccc(C)cn3c2C(O)CC)cc1. The summed E-state index contributed by atoms with van der Waals surface area (Å²) in [7, 11) is 0. The molecule has 0 bridgehead atoms. The van der Waals surface area contributed by atoms with Crippen molar-refractivity contribution >= 4 is 5.65 Å². The Bertz CT molecular complexity index is 802. The first-order valence-corrected chi connectivity index (χ1v) is 8.35. The zero-order chi connectivity index (χ0) is 16.4. The van der Waals surface area contributed by atoms with Crippen molar-refractivity contribution in [3.05, 3.63) is 70.7 Å². The summed E-state index contributed by atoms with van der Waals surface area (Å²) < 4.78 is 2.04. The molecule has 0 saturated heterocycles. The largest absolute Gasteiger partial charge is 0.387 e. The number of nitrogens with zero attached hydrogens (tertiary/aromatic N) is 2. The first kappa shape index (κ1) is 15.8. The van der Waals surface area contributed by atoms with Gasteiger partial charge in [-0.2, -0.15) is 0 Å². The van der Waals surface area contributed by atoms with Gasteiger partial charge in [-0.3, -0.25) is 0 Å². The van der Waals surface area contributed by atoms with Crippen LogP contribution in [0.1, 0.15) is 54.5 Å². The number of fused-ring (bicyclic) bond motifs is 1. The standard InChI is InChI=1S/C20H24N2O/c1-4-15-7-9-16(10-8-15)12-17-20(18(23)5-2)22-13-14(3)6-11-19(22)21-17/h6-11,13,18,23H,4-5,12H2,1-3H3. The number of benzene rings is 1. The van der Waals surface area contributed by atoms with E-state index in [9.17, 15) is 5.11 Å². The van der Waals surface area contributed by atoms with Crippen LogP contribution in [0.25, 0.3) is 5.65 Å². The van der Waals surface area contributed by atoms with Gasteiger partial charge in [0.15, 0.2) is 0 Å². The molecule has 3 rings (SSSR count). The monoisotopic (exact) mass is 308 g/mol. The number of pyridine rings is 1. The van der Waals surface area contributed by atoms with E-state index < -0.39 is 6.10 Å². The number of imidazole rings is 1. The Morgan fingerprint density at radius 1 is 1.04 bits per heavy atom. The van der Waals surface area contributed by atoms with E-state index in [2.05, 4.69) is 50.4 Å².